The van der Waals surface area contributed by atoms with Crippen molar-refractivity contribution in [2.45, 2.75) is 11.8 Å². The summed E-state index contributed by atoms with van der Waals surface area (Å²) in [6.07, 6.45) is 3.45. The Balaban J connectivity index is 1.43. The summed E-state index contributed by atoms with van der Waals surface area (Å²) in [5.41, 5.74) is 2.22. The number of rotatable bonds is 6. The first-order chi connectivity index (χ1) is 14.0. The molecule has 4 rings (SSSR count). The minimum Gasteiger partial charge on any atom is -0.339 e. The molecule has 0 aliphatic rings. The van der Waals surface area contributed by atoms with Gasteiger partial charge < -0.3 is 5.32 Å². The zero-order valence-corrected chi connectivity index (χ0v) is 16.3. The molecule has 2 N–H and O–H groups in total. The van der Waals surface area contributed by atoms with E-state index < -0.39 is 10.0 Å². The third-order valence-corrected chi connectivity index (χ3v) is 5.53. The maximum Gasteiger partial charge on any atom is 0.261 e. The lowest BCUT2D eigenvalue weighted by atomic mass is 10.2. The van der Waals surface area contributed by atoms with Gasteiger partial charge in [0.1, 0.15) is 0 Å². The molecular weight excluding hydrogens is 388 g/mol. The van der Waals surface area contributed by atoms with Gasteiger partial charge in [0.15, 0.2) is 11.6 Å². The Kier molecular flexibility index (Phi) is 4.96. The van der Waals surface area contributed by atoms with Gasteiger partial charge in [0.05, 0.1) is 4.90 Å². The molecular formula is C20H18N6O2S. The second-order valence-corrected chi connectivity index (χ2v) is 8.03. The molecule has 0 atom stereocenters. The third-order valence-electron chi connectivity index (χ3n) is 4.13. The summed E-state index contributed by atoms with van der Waals surface area (Å²) in [6.45, 7) is 1.91. The van der Waals surface area contributed by atoms with Crippen LogP contribution in [0.2, 0.25) is 0 Å². The third kappa shape index (κ3) is 4.41. The second kappa shape index (κ2) is 7.72. The van der Waals surface area contributed by atoms with Crippen LogP contribution in [-0.4, -0.2) is 28.4 Å². The Morgan fingerprint density at radius 3 is 2.21 bits per heavy atom. The van der Waals surface area contributed by atoms with Crippen molar-refractivity contribution in [1.29, 1.82) is 0 Å². The lowest BCUT2D eigenvalue weighted by molar-refractivity contribution is 0.601. The van der Waals surface area contributed by atoms with Gasteiger partial charge >= 0.3 is 0 Å². The maximum absolute atomic E-state index is 12.5. The Hall–Kier alpha value is -3.72. The number of aryl methyl sites for hydroxylation is 1. The molecule has 0 aliphatic heterocycles. The summed E-state index contributed by atoms with van der Waals surface area (Å²) < 4.78 is 29.1. The van der Waals surface area contributed by atoms with Crippen LogP contribution in [0, 0.1) is 6.92 Å². The largest absolute Gasteiger partial charge is 0.339 e. The van der Waals surface area contributed by atoms with Crippen molar-refractivity contribution in [3.8, 4) is 5.82 Å². The summed E-state index contributed by atoms with van der Waals surface area (Å²) in [4.78, 5) is 0.220. The topological polar surface area (TPSA) is 102 Å². The molecule has 4 aromatic rings. The van der Waals surface area contributed by atoms with Crippen LogP contribution in [0.3, 0.4) is 0 Å². The number of nitrogens with zero attached hydrogens (tertiary/aromatic N) is 4. The molecule has 2 heterocycles. The van der Waals surface area contributed by atoms with Gasteiger partial charge in [-0.1, -0.05) is 17.7 Å². The highest BCUT2D eigenvalue weighted by molar-refractivity contribution is 7.92. The molecule has 2 aromatic carbocycles. The number of hydrogen-bond acceptors (Lipinski definition) is 6. The van der Waals surface area contributed by atoms with E-state index in [1.165, 1.54) is 0 Å². The molecule has 0 spiro atoms. The van der Waals surface area contributed by atoms with Gasteiger partial charge in [-0.2, -0.15) is 5.10 Å². The SMILES string of the molecule is Cc1ccc(S(=O)(=O)Nc2ccc(Nc3ccc(-n4cccn4)nn3)cc2)cc1. The Labute approximate surface area is 168 Å². The van der Waals surface area contributed by atoms with Crippen molar-refractivity contribution >= 4 is 27.2 Å². The zero-order valence-electron chi connectivity index (χ0n) is 15.5. The quantitative estimate of drug-likeness (QED) is 0.508. The highest BCUT2D eigenvalue weighted by Crippen LogP contribution is 2.20. The van der Waals surface area contributed by atoms with E-state index in [1.54, 1.807) is 77.7 Å². The molecule has 0 radical (unpaired) electrons. The van der Waals surface area contributed by atoms with Crippen molar-refractivity contribution in [2.75, 3.05) is 10.0 Å². The van der Waals surface area contributed by atoms with Crippen LogP contribution in [0.15, 0.2) is 84.0 Å². The average Bonchev–Trinajstić information content (AvgIpc) is 3.25. The molecule has 0 unspecified atom stereocenters. The lowest BCUT2D eigenvalue weighted by Crippen LogP contribution is -2.12. The van der Waals surface area contributed by atoms with Crippen LogP contribution < -0.4 is 10.0 Å². The number of nitrogens with one attached hydrogen (secondary N) is 2. The van der Waals surface area contributed by atoms with Crippen LogP contribution in [0.25, 0.3) is 5.82 Å². The van der Waals surface area contributed by atoms with E-state index >= 15 is 0 Å². The van der Waals surface area contributed by atoms with E-state index in [0.29, 0.717) is 17.3 Å². The molecule has 146 valence electrons. The van der Waals surface area contributed by atoms with Crippen LogP contribution >= 0.6 is 0 Å². The minimum atomic E-state index is -3.63. The van der Waals surface area contributed by atoms with Crippen molar-refractivity contribution in [3.63, 3.8) is 0 Å². The molecule has 0 fully saturated rings. The van der Waals surface area contributed by atoms with Crippen molar-refractivity contribution in [2.24, 2.45) is 0 Å². The van der Waals surface area contributed by atoms with Gasteiger partial charge in [-0.15, -0.1) is 10.2 Å². The molecule has 9 heteroatoms. The smallest absolute Gasteiger partial charge is 0.261 e. The molecule has 2 aromatic heterocycles. The fourth-order valence-corrected chi connectivity index (χ4v) is 3.68. The Morgan fingerprint density at radius 2 is 1.59 bits per heavy atom. The van der Waals surface area contributed by atoms with E-state index in [1.807, 2.05) is 13.0 Å². The number of hydrogen-bond donors (Lipinski definition) is 2. The second-order valence-electron chi connectivity index (χ2n) is 6.35. The Morgan fingerprint density at radius 1 is 0.862 bits per heavy atom. The number of sulfonamides is 1. The number of anilines is 3. The minimum absolute atomic E-state index is 0.220. The normalized spacial score (nSPS) is 11.2. The van der Waals surface area contributed by atoms with Crippen molar-refractivity contribution in [3.05, 3.63) is 84.7 Å². The van der Waals surface area contributed by atoms with Crippen LogP contribution in [0.5, 0.6) is 0 Å². The highest BCUT2D eigenvalue weighted by Gasteiger charge is 2.13. The van der Waals surface area contributed by atoms with Crippen molar-refractivity contribution < 1.29 is 8.42 Å². The summed E-state index contributed by atoms with van der Waals surface area (Å²) in [7, 11) is -3.63. The summed E-state index contributed by atoms with van der Waals surface area (Å²) >= 11 is 0. The zero-order chi connectivity index (χ0) is 20.3. The molecule has 0 saturated carbocycles. The van der Waals surface area contributed by atoms with E-state index in [2.05, 4.69) is 25.3 Å². The van der Waals surface area contributed by atoms with E-state index in [0.717, 1.165) is 11.3 Å². The Bertz CT molecular complexity index is 1190. The molecule has 8 nitrogen and oxygen atoms in total. The van der Waals surface area contributed by atoms with Crippen molar-refractivity contribution in [1.82, 2.24) is 20.0 Å². The summed E-state index contributed by atoms with van der Waals surface area (Å²) in [5.74, 6) is 1.18. The fraction of sp³-hybridized carbons (Fsp3) is 0.0500. The maximum atomic E-state index is 12.5. The van der Waals surface area contributed by atoms with E-state index in [9.17, 15) is 8.42 Å². The monoisotopic (exact) mass is 406 g/mol. The van der Waals surface area contributed by atoms with E-state index in [-0.39, 0.29) is 4.90 Å². The van der Waals surface area contributed by atoms with Gasteiger partial charge in [-0.05, 0) is 61.5 Å². The van der Waals surface area contributed by atoms with Crippen LogP contribution in [0.1, 0.15) is 5.56 Å². The van der Waals surface area contributed by atoms with Gasteiger partial charge in [0.2, 0.25) is 0 Å². The average molecular weight is 406 g/mol. The molecule has 0 saturated heterocycles. The number of benzene rings is 2. The van der Waals surface area contributed by atoms with Crippen LogP contribution in [-0.2, 0) is 10.0 Å². The fourth-order valence-electron chi connectivity index (χ4n) is 2.62. The van der Waals surface area contributed by atoms with E-state index in [4.69, 9.17) is 0 Å². The first kappa shape index (κ1) is 18.6. The molecule has 0 amide bonds. The first-order valence-corrected chi connectivity index (χ1v) is 10.3. The van der Waals surface area contributed by atoms with Gasteiger partial charge in [-0.25, -0.2) is 13.1 Å². The number of aromatic nitrogens is 4. The van der Waals surface area contributed by atoms with Gasteiger partial charge in [0.25, 0.3) is 10.0 Å². The summed E-state index contributed by atoms with van der Waals surface area (Å²) in [5, 5.41) is 15.5. The molecule has 29 heavy (non-hydrogen) atoms. The standard InChI is InChI=1S/C20H18N6O2S/c1-15-3-9-18(10-4-15)29(27,28)25-17-7-5-16(6-8-17)22-19-11-12-20(24-23-19)26-14-2-13-21-26/h2-14,25H,1H3,(H,22,23). The van der Waals surface area contributed by atoms with Gasteiger partial charge in [0, 0.05) is 23.8 Å². The summed E-state index contributed by atoms with van der Waals surface area (Å²) in [6, 6.07) is 19.0. The first-order valence-electron chi connectivity index (χ1n) is 8.80. The highest BCUT2D eigenvalue weighted by atomic mass is 32.2. The van der Waals surface area contributed by atoms with Gasteiger partial charge in [-0.3, -0.25) is 4.72 Å². The lowest BCUT2D eigenvalue weighted by Gasteiger charge is -2.10. The van der Waals surface area contributed by atoms with Crippen LogP contribution in [0.4, 0.5) is 17.2 Å². The molecule has 0 aliphatic carbocycles. The predicted octanol–water partition coefficient (Wildman–Crippen LogP) is 3.52. The predicted molar refractivity (Wildman–Crippen MR) is 111 cm³/mol. The molecule has 0 bridgehead atoms.